The molecule has 0 bridgehead atoms. The number of amides is 1. The Bertz CT molecular complexity index is 892. The first-order valence-electron chi connectivity index (χ1n) is 9.76. The van der Waals surface area contributed by atoms with Crippen molar-refractivity contribution in [3.63, 3.8) is 0 Å². The number of carbonyl (C=O) groups excluding carboxylic acids is 1. The van der Waals surface area contributed by atoms with Gasteiger partial charge in [0, 0.05) is 13.5 Å². The van der Waals surface area contributed by atoms with Crippen molar-refractivity contribution in [2.45, 2.75) is 51.0 Å². The molecule has 0 aromatic heterocycles. The first-order chi connectivity index (χ1) is 14.3. The summed E-state index contributed by atoms with van der Waals surface area (Å²) in [5, 5.41) is 32.7. The molecule has 0 radical (unpaired) electrons. The second kappa shape index (κ2) is 9.53. The van der Waals surface area contributed by atoms with E-state index >= 15 is 0 Å². The van der Waals surface area contributed by atoms with Crippen LogP contribution in [0.5, 0.6) is 5.75 Å². The van der Waals surface area contributed by atoms with E-state index in [-0.39, 0.29) is 11.7 Å². The van der Waals surface area contributed by atoms with Gasteiger partial charge in [0.2, 0.25) is 12.2 Å². The van der Waals surface area contributed by atoms with Crippen LogP contribution in [0.25, 0.3) is 11.1 Å². The van der Waals surface area contributed by atoms with Crippen LogP contribution in [-0.4, -0.2) is 58.5 Å². The molecule has 1 aliphatic rings. The molecule has 0 spiro atoms. The quantitative estimate of drug-likeness (QED) is 0.564. The van der Waals surface area contributed by atoms with E-state index in [2.05, 4.69) is 5.32 Å². The van der Waals surface area contributed by atoms with Gasteiger partial charge < -0.3 is 30.1 Å². The Morgan fingerprint density at radius 2 is 1.90 bits per heavy atom. The number of halogens is 1. The molecule has 30 heavy (non-hydrogen) atoms. The number of aliphatic hydroxyl groups excluding tert-OH is 3. The standard InChI is InChI=1S/C22H26FNO6/c1-12-19(26)20(27)21(28)22(29-12)30-17-7-6-14(8-9-24-13(2)25)18(11-17)15-4-3-5-16(23)10-15/h3-7,10-12,19-22,26-28H,8-9H2,1-2H3,(H,24,25)/t12-,19-,20+,21+,22-/m1/s1. The summed E-state index contributed by atoms with van der Waals surface area (Å²) in [5.74, 6) is -0.179. The third-order valence-corrected chi connectivity index (χ3v) is 5.05. The SMILES string of the molecule is CC(=O)NCCc1ccc(O[C@H]2O[C@H](C)[C@@H](O)[C@H](O)[C@@H]2O)cc1-c1cccc(F)c1. The smallest absolute Gasteiger partial charge is 0.229 e. The Morgan fingerprint density at radius 1 is 1.13 bits per heavy atom. The molecule has 1 aliphatic heterocycles. The topological polar surface area (TPSA) is 108 Å². The van der Waals surface area contributed by atoms with Crippen LogP contribution in [0, 0.1) is 5.82 Å². The lowest BCUT2D eigenvalue weighted by atomic mass is 9.97. The fraction of sp³-hybridized carbons (Fsp3) is 0.409. The number of aliphatic hydroxyl groups is 3. The van der Waals surface area contributed by atoms with Crippen molar-refractivity contribution < 1.29 is 34.0 Å². The average Bonchev–Trinajstić information content (AvgIpc) is 2.71. The fourth-order valence-electron chi connectivity index (χ4n) is 3.39. The van der Waals surface area contributed by atoms with Crippen LogP contribution < -0.4 is 10.1 Å². The zero-order valence-electron chi connectivity index (χ0n) is 16.8. The van der Waals surface area contributed by atoms with Crippen LogP contribution in [0.1, 0.15) is 19.4 Å². The summed E-state index contributed by atoms with van der Waals surface area (Å²) in [6.07, 6.45) is -5.45. The van der Waals surface area contributed by atoms with Crippen LogP contribution in [0.15, 0.2) is 42.5 Å². The molecule has 5 atom stereocenters. The molecule has 2 aromatic carbocycles. The number of carbonyl (C=O) groups is 1. The highest BCUT2D eigenvalue weighted by Crippen LogP contribution is 2.31. The first-order valence-corrected chi connectivity index (χ1v) is 9.76. The van der Waals surface area contributed by atoms with Gasteiger partial charge in [0.25, 0.3) is 0 Å². The van der Waals surface area contributed by atoms with Crippen molar-refractivity contribution in [2.75, 3.05) is 6.54 Å². The Kier molecular flexibility index (Phi) is 7.04. The van der Waals surface area contributed by atoms with Gasteiger partial charge in [-0.25, -0.2) is 4.39 Å². The Morgan fingerprint density at radius 3 is 2.60 bits per heavy atom. The van der Waals surface area contributed by atoms with Crippen LogP contribution in [0.3, 0.4) is 0 Å². The van der Waals surface area contributed by atoms with Crippen molar-refractivity contribution in [3.8, 4) is 16.9 Å². The molecule has 8 heteroatoms. The summed E-state index contributed by atoms with van der Waals surface area (Å²) in [5.41, 5.74) is 2.21. The Hall–Kier alpha value is -2.52. The second-order valence-corrected chi connectivity index (χ2v) is 7.36. The highest BCUT2D eigenvalue weighted by Gasteiger charge is 2.43. The van der Waals surface area contributed by atoms with Gasteiger partial charge in [-0.3, -0.25) is 4.79 Å². The normalized spacial score (nSPS) is 26.3. The van der Waals surface area contributed by atoms with E-state index in [0.717, 1.165) is 5.56 Å². The molecule has 0 saturated carbocycles. The van der Waals surface area contributed by atoms with E-state index in [9.17, 15) is 24.5 Å². The molecule has 3 rings (SSSR count). The van der Waals surface area contributed by atoms with E-state index in [1.807, 2.05) is 0 Å². The van der Waals surface area contributed by atoms with Crippen molar-refractivity contribution in [1.82, 2.24) is 5.32 Å². The minimum atomic E-state index is -1.44. The van der Waals surface area contributed by atoms with Crippen molar-refractivity contribution in [1.29, 1.82) is 0 Å². The van der Waals surface area contributed by atoms with Crippen LogP contribution >= 0.6 is 0 Å². The minimum Gasteiger partial charge on any atom is -0.462 e. The summed E-state index contributed by atoms with van der Waals surface area (Å²) in [6.45, 7) is 3.43. The third-order valence-electron chi connectivity index (χ3n) is 5.05. The van der Waals surface area contributed by atoms with Gasteiger partial charge >= 0.3 is 0 Å². The Balaban J connectivity index is 1.87. The third kappa shape index (κ3) is 5.14. The van der Waals surface area contributed by atoms with Crippen LogP contribution in [-0.2, 0) is 16.0 Å². The van der Waals surface area contributed by atoms with Gasteiger partial charge in [0.15, 0.2) is 0 Å². The van der Waals surface area contributed by atoms with E-state index in [1.165, 1.54) is 19.1 Å². The monoisotopic (exact) mass is 419 g/mol. The molecular formula is C22H26FNO6. The van der Waals surface area contributed by atoms with Crippen LogP contribution in [0.4, 0.5) is 4.39 Å². The maximum absolute atomic E-state index is 13.8. The van der Waals surface area contributed by atoms with Crippen LogP contribution in [0.2, 0.25) is 0 Å². The predicted octanol–water partition coefficient (Wildman–Crippen LogP) is 1.38. The predicted molar refractivity (Wildman–Crippen MR) is 107 cm³/mol. The van der Waals surface area contributed by atoms with Gasteiger partial charge in [-0.1, -0.05) is 18.2 Å². The number of hydrogen-bond donors (Lipinski definition) is 4. The highest BCUT2D eigenvalue weighted by atomic mass is 19.1. The molecule has 2 aromatic rings. The van der Waals surface area contributed by atoms with Gasteiger partial charge in [0.05, 0.1) is 6.10 Å². The molecular weight excluding hydrogens is 393 g/mol. The van der Waals surface area contributed by atoms with Crippen molar-refractivity contribution in [3.05, 3.63) is 53.8 Å². The molecule has 1 fully saturated rings. The zero-order valence-corrected chi connectivity index (χ0v) is 16.8. The molecule has 1 heterocycles. The molecule has 4 N–H and O–H groups in total. The lowest BCUT2D eigenvalue weighted by molar-refractivity contribution is -0.268. The average molecular weight is 419 g/mol. The zero-order chi connectivity index (χ0) is 21.8. The molecule has 7 nitrogen and oxygen atoms in total. The van der Waals surface area contributed by atoms with E-state index in [1.54, 1.807) is 37.3 Å². The maximum atomic E-state index is 13.8. The lowest BCUT2D eigenvalue weighted by Gasteiger charge is -2.38. The summed E-state index contributed by atoms with van der Waals surface area (Å²) in [4.78, 5) is 11.2. The van der Waals surface area contributed by atoms with Gasteiger partial charge in [-0.15, -0.1) is 0 Å². The number of ether oxygens (including phenoxy) is 2. The maximum Gasteiger partial charge on any atom is 0.229 e. The van der Waals surface area contributed by atoms with Crippen molar-refractivity contribution >= 4 is 5.91 Å². The minimum absolute atomic E-state index is 0.138. The number of nitrogens with one attached hydrogen (secondary N) is 1. The first kappa shape index (κ1) is 22.2. The second-order valence-electron chi connectivity index (χ2n) is 7.36. The fourth-order valence-corrected chi connectivity index (χ4v) is 3.39. The molecule has 0 unspecified atom stereocenters. The van der Waals surface area contributed by atoms with Gasteiger partial charge in [-0.05, 0) is 54.3 Å². The summed E-state index contributed by atoms with van der Waals surface area (Å²) < 4.78 is 25.0. The van der Waals surface area contributed by atoms with E-state index < -0.39 is 30.7 Å². The number of hydrogen-bond acceptors (Lipinski definition) is 6. The summed E-state index contributed by atoms with van der Waals surface area (Å²) in [6, 6.07) is 11.3. The highest BCUT2D eigenvalue weighted by molar-refractivity contribution is 5.73. The Labute approximate surface area is 174 Å². The van der Waals surface area contributed by atoms with E-state index in [4.69, 9.17) is 9.47 Å². The lowest BCUT2D eigenvalue weighted by Crippen LogP contribution is -2.58. The number of benzene rings is 2. The largest absolute Gasteiger partial charge is 0.462 e. The number of rotatable bonds is 6. The molecule has 0 aliphatic carbocycles. The molecule has 1 saturated heterocycles. The van der Waals surface area contributed by atoms with Gasteiger partial charge in [0.1, 0.15) is 29.9 Å². The summed E-state index contributed by atoms with van der Waals surface area (Å²) in [7, 11) is 0. The molecule has 1 amide bonds. The summed E-state index contributed by atoms with van der Waals surface area (Å²) >= 11 is 0. The molecule has 162 valence electrons. The van der Waals surface area contributed by atoms with Gasteiger partial charge in [-0.2, -0.15) is 0 Å². The van der Waals surface area contributed by atoms with E-state index in [0.29, 0.717) is 29.8 Å². The van der Waals surface area contributed by atoms with Crippen molar-refractivity contribution in [2.24, 2.45) is 0 Å².